The molecule has 2 nitrogen and oxygen atoms in total. The van der Waals surface area contributed by atoms with Gasteiger partial charge in [0.25, 0.3) is 0 Å². The van der Waals surface area contributed by atoms with Gasteiger partial charge in [0, 0.05) is 5.56 Å². The zero-order valence-corrected chi connectivity index (χ0v) is 16.7. The molecule has 2 aromatic carbocycles. The van der Waals surface area contributed by atoms with Gasteiger partial charge < -0.3 is 4.74 Å². The largest absolute Gasteiger partial charge is 0.493 e. The molecule has 0 radical (unpaired) electrons. The van der Waals surface area contributed by atoms with E-state index in [0.29, 0.717) is 11.5 Å². The number of carbonyl (C=O) groups is 1. The minimum absolute atomic E-state index is 0.700. The first-order valence-electron chi connectivity index (χ1n) is 9.78. The second-order valence-corrected chi connectivity index (χ2v) is 7.41. The molecule has 0 saturated carbocycles. The molecule has 26 heavy (non-hydrogen) atoms. The first-order chi connectivity index (χ1) is 12.5. The molecule has 0 spiro atoms. The van der Waals surface area contributed by atoms with Crippen LogP contribution in [-0.2, 0) is 6.42 Å². The van der Waals surface area contributed by atoms with Crippen LogP contribution in [0.5, 0.6) is 5.75 Å². The molecule has 0 amide bonds. The van der Waals surface area contributed by atoms with Crippen LogP contribution in [0.2, 0.25) is 0 Å². The van der Waals surface area contributed by atoms with E-state index in [1.165, 1.54) is 36.0 Å². The van der Waals surface area contributed by atoms with Crippen molar-refractivity contribution in [2.45, 2.75) is 59.8 Å². The Morgan fingerprint density at radius 3 is 2.42 bits per heavy atom. The molecule has 2 rings (SSSR count). The second-order valence-electron chi connectivity index (χ2n) is 7.41. The molecule has 1 unspecified atom stereocenters. The maximum Gasteiger partial charge on any atom is 0.150 e. The molecule has 0 fully saturated rings. The highest BCUT2D eigenvalue weighted by Gasteiger charge is 2.10. The Morgan fingerprint density at radius 1 is 0.962 bits per heavy atom. The van der Waals surface area contributed by atoms with Gasteiger partial charge in [0.15, 0.2) is 0 Å². The Hall–Kier alpha value is -2.09. The molecule has 0 aromatic heterocycles. The third-order valence-electron chi connectivity index (χ3n) is 5.14. The first kappa shape index (κ1) is 20.2. The minimum atomic E-state index is 0.700. The molecule has 0 saturated heterocycles. The summed E-state index contributed by atoms with van der Waals surface area (Å²) in [5.74, 6) is 1.60. The molecule has 2 heteroatoms. The van der Waals surface area contributed by atoms with E-state index in [-0.39, 0.29) is 0 Å². The smallest absolute Gasteiger partial charge is 0.150 e. The summed E-state index contributed by atoms with van der Waals surface area (Å²) in [6, 6.07) is 12.4. The van der Waals surface area contributed by atoms with Gasteiger partial charge in [0.1, 0.15) is 12.0 Å². The standard InChI is InChI=1S/C24H32O2/c1-5-7-21(16-22-10-9-18(2)19(3)14-22)8-6-13-26-24-12-11-23(17-25)15-20(24)4/h9-12,14-15,17,21H,5-8,13,16H2,1-4H3. The molecule has 0 aliphatic carbocycles. The van der Waals surface area contributed by atoms with E-state index in [1.54, 1.807) is 0 Å². The molecule has 0 N–H and O–H groups in total. The van der Waals surface area contributed by atoms with E-state index in [4.69, 9.17) is 4.74 Å². The van der Waals surface area contributed by atoms with Crippen LogP contribution >= 0.6 is 0 Å². The van der Waals surface area contributed by atoms with E-state index in [2.05, 4.69) is 39.0 Å². The quantitative estimate of drug-likeness (QED) is 0.373. The van der Waals surface area contributed by atoms with Crippen molar-refractivity contribution < 1.29 is 9.53 Å². The summed E-state index contributed by atoms with van der Waals surface area (Å²) in [4.78, 5) is 10.8. The lowest BCUT2D eigenvalue weighted by atomic mass is 9.90. The SMILES string of the molecule is CCCC(CCCOc1ccc(C=O)cc1C)Cc1ccc(C)c(C)c1. The molecule has 0 heterocycles. The monoisotopic (exact) mass is 352 g/mol. The third kappa shape index (κ3) is 6.01. The number of hydrogen-bond donors (Lipinski definition) is 0. The second kappa shape index (κ2) is 10.2. The van der Waals surface area contributed by atoms with Gasteiger partial charge >= 0.3 is 0 Å². The van der Waals surface area contributed by atoms with Crippen molar-refractivity contribution in [1.29, 1.82) is 0 Å². The number of aryl methyl sites for hydroxylation is 3. The van der Waals surface area contributed by atoms with Crippen LogP contribution in [0.15, 0.2) is 36.4 Å². The fraction of sp³-hybridized carbons (Fsp3) is 0.458. The minimum Gasteiger partial charge on any atom is -0.493 e. The van der Waals surface area contributed by atoms with Crippen molar-refractivity contribution in [2.24, 2.45) is 5.92 Å². The summed E-state index contributed by atoms with van der Waals surface area (Å²) in [6.45, 7) is 9.35. The van der Waals surface area contributed by atoms with Crippen molar-refractivity contribution in [3.8, 4) is 5.75 Å². The van der Waals surface area contributed by atoms with Crippen LogP contribution < -0.4 is 4.74 Å². The van der Waals surface area contributed by atoms with E-state index in [0.717, 1.165) is 37.0 Å². The molecular formula is C24H32O2. The van der Waals surface area contributed by atoms with Gasteiger partial charge in [-0.2, -0.15) is 0 Å². The molecule has 1 atom stereocenters. The van der Waals surface area contributed by atoms with E-state index >= 15 is 0 Å². The van der Waals surface area contributed by atoms with Crippen molar-refractivity contribution >= 4 is 6.29 Å². The van der Waals surface area contributed by atoms with E-state index in [1.807, 2.05) is 25.1 Å². The van der Waals surface area contributed by atoms with Crippen LogP contribution in [0.3, 0.4) is 0 Å². The Labute approximate surface area is 158 Å². The average molecular weight is 353 g/mol. The lowest BCUT2D eigenvalue weighted by molar-refractivity contribution is 0.112. The molecule has 0 aliphatic rings. The molecule has 0 bridgehead atoms. The maximum atomic E-state index is 10.8. The van der Waals surface area contributed by atoms with Crippen molar-refractivity contribution in [2.75, 3.05) is 6.61 Å². The molecule has 140 valence electrons. The zero-order valence-electron chi connectivity index (χ0n) is 16.7. The highest BCUT2D eigenvalue weighted by Crippen LogP contribution is 2.23. The van der Waals surface area contributed by atoms with Gasteiger partial charge in [-0.3, -0.25) is 4.79 Å². The number of carbonyl (C=O) groups excluding carboxylic acids is 1. The lowest BCUT2D eigenvalue weighted by Crippen LogP contribution is -2.08. The van der Waals surface area contributed by atoms with E-state index in [9.17, 15) is 4.79 Å². The third-order valence-corrected chi connectivity index (χ3v) is 5.14. The van der Waals surface area contributed by atoms with Gasteiger partial charge in [-0.15, -0.1) is 0 Å². The van der Waals surface area contributed by atoms with Gasteiger partial charge in [-0.25, -0.2) is 0 Å². The molecule has 0 aliphatic heterocycles. The van der Waals surface area contributed by atoms with Crippen LogP contribution in [0.4, 0.5) is 0 Å². The summed E-state index contributed by atoms with van der Waals surface area (Å²) in [6.07, 6.45) is 6.76. The number of ether oxygens (including phenoxy) is 1. The fourth-order valence-corrected chi connectivity index (χ4v) is 3.48. The van der Waals surface area contributed by atoms with Crippen LogP contribution in [0, 0.1) is 26.7 Å². The maximum absolute atomic E-state index is 10.8. The van der Waals surface area contributed by atoms with E-state index < -0.39 is 0 Å². The summed E-state index contributed by atoms with van der Waals surface area (Å²) >= 11 is 0. The molecular weight excluding hydrogens is 320 g/mol. The lowest BCUT2D eigenvalue weighted by Gasteiger charge is -2.17. The van der Waals surface area contributed by atoms with Gasteiger partial charge in [-0.1, -0.05) is 38.0 Å². The summed E-state index contributed by atoms with van der Waals surface area (Å²) in [5.41, 5.74) is 5.93. The topological polar surface area (TPSA) is 26.3 Å². The van der Waals surface area contributed by atoms with Gasteiger partial charge in [0.05, 0.1) is 6.61 Å². The highest BCUT2D eigenvalue weighted by molar-refractivity contribution is 5.75. The Kier molecular flexibility index (Phi) is 7.90. The Bertz CT molecular complexity index is 718. The van der Waals surface area contributed by atoms with Crippen LogP contribution in [0.1, 0.15) is 65.2 Å². The average Bonchev–Trinajstić information content (AvgIpc) is 2.63. The van der Waals surface area contributed by atoms with Gasteiger partial charge in [0.2, 0.25) is 0 Å². The summed E-state index contributed by atoms with van der Waals surface area (Å²) < 4.78 is 5.93. The van der Waals surface area contributed by atoms with Crippen LogP contribution in [0.25, 0.3) is 0 Å². The predicted octanol–water partition coefficient (Wildman–Crippen LogP) is 6.24. The number of rotatable bonds is 10. The highest BCUT2D eigenvalue weighted by atomic mass is 16.5. The van der Waals surface area contributed by atoms with Crippen molar-refractivity contribution in [1.82, 2.24) is 0 Å². The Balaban J connectivity index is 1.84. The summed E-state index contributed by atoms with van der Waals surface area (Å²) in [7, 11) is 0. The number of aldehydes is 1. The number of benzene rings is 2. The Morgan fingerprint density at radius 2 is 1.77 bits per heavy atom. The van der Waals surface area contributed by atoms with Crippen molar-refractivity contribution in [3.05, 3.63) is 64.2 Å². The zero-order chi connectivity index (χ0) is 18.9. The number of hydrogen-bond acceptors (Lipinski definition) is 2. The predicted molar refractivity (Wildman–Crippen MR) is 109 cm³/mol. The van der Waals surface area contributed by atoms with Crippen molar-refractivity contribution in [3.63, 3.8) is 0 Å². The fourth-order valence-electron chi connectivity index (χ4n) is 3.48. The van der Waals surface area contributed by atoms with Crippen LogP contribution in [-0.4, -0.2) is 12.9 Å². The van der Waals surface area contributed by atoms with Gasteiger partial charge in [-0.05, 0) is 86.4 Å². The molecule has 2 aromatic rings. The first-order valence-corrected chi connectivity index (χ1v) is 9.78. The normalized spacial score (nSPS) is 12.0. The summed E-state index contributed by atoms with van der Waals surface area (Å²) in [5, 5.41) is 0.